The Morgan fingerprint density at radius 1 is 1.25 bits per heavy atom. The lowest BCUT2D eigenvalue weighted by Crippen LogP contribution is -2.42. The Kier molecular flexibility index (Phi) is 3.27. The van der Waals surface area contributed by atoms with Gasteiger partial charge in [0.05, 0.1) is 12.2 Å². The smallest absolute Gasteiger partial charge is 0.0598 e. The Hall–Kier alpha value is -0.570. The lowest BCUT2D eigenvalue weighted by molar-refractivity contribution is -0.320. The molecule has 0 spiro atoms. The number of carbonyl (C=O) groups excluding carboxylic acids is 1. The second kappa shape index (κ2) is 3.44. The predicted octanol–water partition coefficient (Wildman–Crippen LogP) is 0.578. The third-order valence-corrected chi connectivity index (χ3v) is 1.42. The third-order valence-electron chi connectivity index (χ3n) is 1.42. The Balaban J connectivity index is 4.01. The van der Waals surface area contributed by atoms with Gasteiger partial charge in [0.2, 0.25) is 0 Å². The monoisotopic (exact) mass is 173 g/mol. The van der Waals surface area contributed by atoms with E-state index >= 15 is 0 Å². The summed E-state index contributed by atoms with van der Waals surface area (Å²) in [6.45, 7) is 9.02. The normalized spacial score (nSPS) is 13.1. The summed E-state index contributed by atoms with van der Waals surface area (Å²) in [7, 11) is 0. The zero-order valence-electron chi connectivity index (χ0n) is 8.43. The molecule has 0 bridgehead atoms. The Morgan fingerprint density at radius 3 is 1.92 bits per heavy atom. The number of hydrogen-bond acceptors (Lipinski definition) is 3. The number of rotatable bonds is 3. The van der Waals surface area contributed by atoms with Crippen LogP contribution in [0, 0.1) is 5.41 Å². The van der Waals surface area contributed by atoms with Crippen molar-refractivity contribution >= 4 is 5.97 Å². The minimum Gasteiger partial charge on any atom is -0.549 e. The molecule has 0 aromatic heterocycles. The highest BCUT2D eigenvalue weighted by Gasteiger charge is 2.22. The van der Waals surface area contributed by atoms with E-state index < -0.39 is 11.4 Å². The minimum atomic E-state index is -1.08. The summed E-state index contributed by atoms with van der Waals surface area (Å²) in [5.41, 5.74) is -1.21. The predicted molar refractivity (Wildman–Crippen MR) is 44.5 cm³/mol. The molecule has 0 heterocycles. The van der Waals surface area contributed by atoms with Gasteiger partial charge in [-0.3, -0.25) is 0 Å². The fourth-order valence-corrected chi connectivity index (χ4v) is 0.456. The summed E-state index contributed by atoms with van der Waals surface area (Å²) >= 11 is 0. The second-order valence-corrected chi connectivity index (χ2v) is 4.57. The standard InChI is InChI=1S/C9H18O3/c1-8(2,3)12-6-9(4,5)7(10)11/h6H2,1-5H3,(H,10,11)/p-1. The van der Waals surface area contributed by atoms with Crippen molar-refractivity contribution < 1.29 is 14.6 Å². The molecule has 3 nitrogen and oxygen atoms in total. The molecule has 0 saturated heterocycles. The highest BCUT2D eigenvalue weighted by Crippen LogP contribution is 2.18. The molecule has 0 radical (unpaired) electrons. The lowest BCUT2D eigenvalue weighted by Gasteiger charge is -2.30. The zero-order chi connectivity index (χ0) is 9.99. The van der Waals surface area contributed by atoms with Crippen molar-refractivity contribution in [2.75, 3.05) is 6.61 Å². The van der Waals surface area contributed by atoms with Crippen molar-refractivity contribution in [3.05, 3.63) is 0 Å². The van der Waals surface area contributed by atoms with Gasteiger partial charge in [0.1, 0.15) is 0 Å². The number of carboxylic acids is 1. The maximum absolute atomic E-state index is 10.5. The van der Waals surface area contributed by atoms with Crippen molar-refractivity contribution in [2.45, 2.75) is 40.2 Å². The molecule has 72 valence electrons. The molecule has 0 saturated carbocycles. The summed E-state index contributed by atoms with van der Waals surface area (Å²) in [4.78, 5) is 10.5. The van der Waals surface area contributed by atoms with Gasteiger partial charge in [-0.05, 0) is 20.8 Å². The van der Waals surface area contributed by atoms with Crippen molar-refractivity contribution in [2.24, 2.45) is 5.41 Å². The van der Waals surface area contributed by atoms with Crippen LogP contribution < -0.4 is 5.11 Å². The lowest BCUT2D eigenvalue weighted by atomic mass is 9.95. The van der Waals surface area contributed by atoms with E-state index in [1.807, 2.05) is 20.8 Å². The van der Waals surface area contributed by atoms with E-state index in [1.54, 1.807) is 13.8 Å². The van der Waals surface area contributed by atoms with Crippen LogP contribution >= 0.6 is 0 Å². The molecule has 0 rings (SSSR count). The highest BCUT2D eigenvalue weighted by atomic mass is 16.5. The molecule has 12 heavy (non-hydrogen) atoms. The molecule has 0 aliphatic heterocycles. The van der Waals surface area contributed by atoms with Crippen LogP contribution in [0.1, 0.15) is 34.6 Å². The van der Waals surface area contributed by atoms with Gasteiger partial charge >= 0.3 is 0 Å². The topological polar surface area (TPSA) is 49.4 Å². The maximum atomic E-state index is 10.5. The fourth-order valence-electron chi connectivity index (χ4n) is 0.456. The van der Waals surface area contributed by atoms with Crippen molar-refractivity contribution in [3.63, 3.8) is 0 Å². The van der Waals surface area contributed by atoms with E-state index in [1.165, 1.54) is 0 Å². The number of hydrogen-bond donors (Lipinski definition) is 0. The molecular formula is C9H17O3-. The fraction of sp³-hybridized carbons (Fsp3) is 0.889. The second-order valence-electron chi connectivity index (χ2n) is 4.57. The number of carboxylic acid groups (broad SMARTS) is 1. The van der Waals surface area contributed by atoms with E-state index in [9.17, 15) is 9.90 Å². The van der Waals surface area contributed by atoms with Gasteiger partial charge < -0.3 is 14.6 Å². The molecule has 0 aliphatic carbocycles. The number of aliphatic carboxylic acids is 1. The number of ether oxygens (including phenoxy) is 1. The molecule has 0 aromatic carbocycles. The van der Waals surface area contributed by atoms with Gasteiger partial charge in [0, 0.05) is 11.4 Å². The van der Waals surface area contributed by atoms with E-state index in [0.717, 1.165) is 0 Å². The van der Waals surface area contributed by atoms with Crippen LogP contribution in [0.2, 0.25) is 0 Å². The minimum absolute atomic E-state index is 0.179. The molecule has 0 fully saturated rings. The van der Waals surface area contributed by atoms with Crippen molar-refractivity contribution in [1.29, 1.82) is 0 Å². The summed E-state index contributed by atoms with van der Waals surface area (Å²) in [5, 5.41) is 10.5. The Bertz CT molecular complexity index is 165. The van der Waals surface area contributed by atoms with Crippen LogP contribution in [0.4, 0.5) is 0 Å². The zero-order valence-corrected chi connectivity index (χ0v) is 8.43. The molecule has 0 aliphatic rings. The van der Waals surface area contributed by atoms with Gasteiger partial charge in [-0.15, -0.1) is 0 Å². The Labute approximate surface area is 73.7 Å². The highest BCUT2D eigenvalue weighted by molar-refractivity contribution is 5.71. The average Bonchev–Trinajstić information content (AvgIpc) is 1.82. The van der Waals surface area contributed by atoms with E-state index in [-0.39, 0.29) is 12.2 Å². The average molecular weight is 173 g/mol. The first-order valence-electron chi connectivity index (χ1n) is 4.00. The van der Waals surface area contributed by atoms with Crippen LogP contribution in [-0.4, -0.2) is 18.2 Å². The van der Waals surface area contributed by atoms with Crippen molar-refractivity contribution in [3.8, 4) is 0 Å². The van der Waals surface area contributed by atoms with Crippen LogP contribution in [0.5, 0.6) is 0 Å². The summed E-state index contributed by atoms with van der Waals surface area (Å²) in [6, 6.07) is 0. The van der Waals surface area contributed by atoms with Gasteiger partial charge in [0.25, 0.3) is 0 Å². The van der Waals surface area contributed by atoms with Crippen molar-refractivity contribution in [1.82, 2.24) is 0 Å². The molecule has 0 atom stereocenters. The maximum Gasteiger partial charge on any atom is 0.0598 e. The van der Waals surface area contributed by atoms with E-state index in [2.05, 4.69) is 0 Å². The van der Waals surface area contributed by atoms with Gasteiger partial charge in [-0.25, -0.2) is 0 Å². The molecule has 0 aromatic rings. The number of carbonyl (C=O) groups is 1. The Morgan fingerprint density at radius 2 is 1.67 bits per heavy atom. The summed E-state index contributed by atoms with van der Waals surface area (Å²) in [5.74, 6) is -1.08. The summed E-state index contributed by atoms with van der Waals surface area (Å²) < 4.78 is 5.33. The molecule has 3 heteroatoms. The SMILES string of the molecule is CC(C)(C)OCC(C)(C)C(=O)[O-]. The summed E-state index contributed by atoms with van der Waals surface area (Å²) in [6.07, 6.45) is 0. The quantitative estimate of drug-likeness (QED) is 0.627. The molecular weight excluding hydrogens is 156 g/mol. The van der Waals surface area contributed by atoms with Crippen LogP contribution in [-0.2, 0) is 9.53 Å². The first-order chi connectivity index (χ1) is 5.15. The van der Waals surface area contributed by atoms with Gasteiger partial charge in [-0.1, -0.05) is 13.8 Å². The first kappa shape index (κ1) is 11.4. The molecule has 0 unspecified atom stereocenters. The van der Waals surface area contributed by atoms with Gasteiger partial charge in [-0.2, -0.15) is 0 Å². The third kappa shape index (κ3) is 4.34. The van der Waals surface area contributed by atoms with E-state index in [0.29, 0.717) is 0 Å². The van der Waals surface area contributed by atoms with Crippen LogP contribution in [0.15, 0.2) is 0 Å². The molecule has 0 N–H and O–H groups in total. The van der Waals surface area contributed by atoms with Crippen LogP contribution in [0.25, 0.3) is 0 Å². The van der Waals surface area contributed by atoms with Gasteiger partial charge in [0.15, 0.2) is 0 Å². The van der Waals surface area contributed by atoms with Crippen LogP contribution in [0.3, 0.4) is 0 Å². The first-order valence-corrected chi connectivity index (χ1v) is 4.00. The molecule has 0 amide bonds. The largest absolute Gasteiger partial charge is 0.549 e. The van der Waals surface area contributed by atoms with E-state index in [4.69, 9.17) is 4.74 Å².